The number of hydrogen-bond donors (Lipinski definition) is 0. The van der Waals surface area contributed by atoms with Crippen LogP contribution >= 0.6 is 0 Å². The third-order valence-electron chi connectivity index (χ3n) is 6.03. The predicted molar refractivity (Wildman–Crippen MR) is 119 cm³/mol. The maximum Gasteiger partial charge on any atom is 0.119 e. The Morgan fingerprint density at radius 2 is 1.82 bits per heavy atom. The van der Waals surface area contributed by atoms with E-state index >= 15 is 0 Å². The Bertz CT molecular complexity index is 688. The minimum absolute atomic E-state index is 0.541. The van der Waals surface area contributed by atoms with Gasteiger partial charge in [0.1, 0.15) is 5.75 Å². The lowest BCUT2D eigenvalue weighted by Gasteiger charge is -2.21. The number of aromatic nitrogens is 1. The highest BCUT2D eigenvalue weighted by molar-refractivity contribution is 5.64. The molecule has 2 nitrogen and oxygen atoms in total. The van der Waals surface area contributed by atoms with Gasteiger partial charge in [0.2, 0.25) is 0 Å². The molecule has 1 fully saturated rings. The van der Waals surface area contributed by atoms with Crippen LogP contribution in [0.1, 0.15) is 83.1 Å². The number of unbranched alkanes of at least 4 members (excludes halogenated alkanes) is 3. The lowest BCUT2D eigenvalue weighted by Crippen LogP contribution is -2.15. The summed E-state index contributed by atoms with van der Waals surface area (Å²) in [6.45, 7) is 5.45. The Labute approximate surface area is 171 Å². The van der Waals surface area contributed by atoms with Crippen molar-refractivity contribution in [1.29, 1.82) is 0 Å². The van der Waals surface area contributed by atoms with Crippen LogP contribution in [0.15, 0.2) is 42.6 Å². The number of pyridine rings is 1. The molecular formula is C26H36NO. The lowest BCUT2D eigenvalue weighted by molar-refractivity contribution is 0.221. The van der Waals surface area contributed by atoms with E-state index in [1.807, 2.05) is 6.20 Å². The van der Waals surface area contributed by atoms with Crippen LogP contribution < -0.4 is 4.74 Å². The number of nitrogens with zero attached hydrogens (tertiary/aromatic N) is 1. The molecule has 0 N–H and O–H groups in total. The second-order valence-corrected chi connectivity index (χ2v) is 8.34. The monoisotopic (exact) mass is 378 g/mol. The topological polar surface area (TPSA) is 22.1 Å². The quantitative estimate of drug-likeness (QED) is 0.397. The van der Waals surface area contributed by atoms with Gasteiger partial charge in [0.15, 0.2) is 0 Å². The molecule has 1 aromatic carbocycles. The summed E-state index contributed by atoms with van der Waals surface area (Å²) in [7, 11) is 0. The molecule has 1 unspecified atom stereocenters. The van der Waals surface area contributed by atoms with Crippen LogP contribution in [-0.4, -0.2) is 11.6 Å². The summed E-state index contributed by atoms with van der Waals surface area (Å²) >= 11 is 0. The second kappa shape index (κ2) is 11.2. The molecule has 0 saturated heterocycles. The van der Waals surface area contributed by atoms with Gasteiger partial charge in [-0.3, -0.25) is 4.98 Å². The van der Waals surface area contributed by atoms with Crippen molar-refractivity contribution in [1.82, 2.24) is 4.98 Å². The number of ether oxygens (including phenoxy) is 1. The van der Waals surface area contributed by atoms with Gasteiger partial charge in [-0.15, -0.1) is 0 Å². The SMILES string of the molecule is CCCCCCC(C)c1cccnc1-c1ccc(OCC2CC[CH]CC2)cc1. The molecule has 0 amide bonds. The van der Waals surface area contributed by atoms with Gasteiger partial charge in [-0.1, -0.05) is 45.6 Å². The van der Waals surface area contributed by atoms with E-state index in [9.17, 15) is 0 Å². The van der Waals surface area contributed by atoms with Crippen LogP contribution in [0, 0.1) is 12.3 Å². The second-order valence-electron chi connectivity index (χ2n) is 8.34. The van der Waals surface area contributed by atoms with E-state index in [4.69, 9.17) is 9.72 Å². The molecule has 3 rings (SSSR count). The molecule has 151 valence electrons. The Kier molecular flexibility index (Phi) is 8.39. The zero-order valence-corrected chi connectivity index (χ0v) is 17.7. The first-order chi connectivity index (χ1) is 13.8. The minimum Gasteiger partial charge on any atom is -0.493 e. The van der Waals surface area contributed by atoms with Crippen LogP contribution in [0.3, 0.4) is 0 Å². The third-order valence-corrected chi connectivity index (χ3v) is 6.03. The Morgan fingerprint density at radius 1 is 1.04 bits per heavy atom. The molecule has 0 spiro atoms. The smallest absolute Gasteiger partial charge is 0.119 e. The molecule has 1 aliphatic carbocycles. The summed E-state index contributed by atoms with van der Waals surface area (Å²) in [4.78, 5) is 4.72. The largest absolute Gasteiger partial charge is 0.493 e. The molecule has 2 heteroatoms. The average molecular weight is 379 g/mol. The van der Waals surface area contributed by atoms with Gasteiger partial charge in [-0.05, 0) is 86.3 Å². The van der Waals surface area contributed by atoms with E-state index < -0.39 is 0 Å². The molecule has 2 aromatic rings. The lowest BCUT2D eigenvalue weighted by atomic mass is 9.90. The molecule has 1 heterocycles. The maximum absolute atomic E-state index is 6.06. The molecule has 1 radical (unpaired) electrons. The molecule has 0 bridgehead atoms. The molecule has 28 heavy (non-hydrogen) atoms. The Hall–Kier alpha value is -1.83. The van der Waals surface area contributed by atoms with Crippen LogP contribution in [0.4, 0.5) is 0 Å². The van der Waals surface area contributed by atoms with Gasteiger partial charge in [0, 0.05) is 11.8 Å². The van der Waals surface area contributed by atoms with Crippen molar-refractivity contribution >= 4 is 0 Å². The molecule has 1 aromatic heterocycles. The first-order valence-corrected chi connectivity index (χ1v) is 11.3. The Morgan fingerprint density at radius 3 is 2.57 bits per heavy atom. The van der Waals surface area contributed by atoms with Crippen molar-refractivity contribution in [2.45, 2.75) is 77.6 Å². The van der Waals surface area contributed by atoms with E-state index in [-0.39, 0.29) is 0 Å². The van der Waals surface area contributed by atoms with Gasteiger partial charge in [-0.2, -0.15) is 0 Å². The highest BCUT2D eigenvalue weighted by Crippen LogP contribution is 2.31. The number of hydrogen-bond acceptors (Lipinski definition) is 2. The van der Waals surface area contributed by atoms with Gasteiger partial charge in [0.05, 0.1) is 12.3 Å². The summed E-state index contributed by atoms with van der Waals surface area (Å²) in [5.74, 6) is 2.23. The van der Waals surface area contributed by atoms with Crippen molar-refractivity contribution in [3.05, 3.63) is 54.6 Å². The van der Waals surface area contributed by atoms with Crippen molar-refractivity contribution in [3.8, 4) is 17.0 Å². The van der Waals surface area contributed by atoms with E-state index in [1.54, 1.807) is 0 Å². The van der Waals surface area contributed by atoms with Crippen molar-refractivity contribution in [2.75, 3.05) is 6.61 Å². The number of benzene rings is 1. The zero-order chi connectivity index (χ0) is 19.6. The molecular weight excluding hydrogens is 342 g/mol. The van der Waals surface area contributed by atoms with E-state index in [1.165, 1.54) is 68.9 Å². The van der Waals surface area contributed by atoms with Crippen molar-refractivity contribution in [2.24, 2.45) is 5.92 Å². The van der Waals surface area contributed by atoms with Crippen LogP contribution in [-0.2, 0) is 0 Å². The molecule has 0 aliphatic heterocycles. The minimum atomic E-state index is 0.541. The molecule has 1 aliphatic rings. The first-order valence-electron chi connectivity index (χ1n) is 11.3. The highest BCUT2D eigenvalue weighted by atomic mass is 16.5. The van der Waals surface area contributed by atoms with E-state index in [0.29, 0.717) is 11.8 Å². The average Bonchev–Trinajstić information content (AvgIpc) is 2.76. The van der Waals surface area contributed by atoms with Gasteiger partial charge >= 0.3 is 0 Å². The van der Waals surface area contributed by atoms with Gasteiger partial charge in [0.25, 0.3) is 0 Å². The van der Waals surface area contributed by atoms with Crippen LogP contribution in [0.2, 0.25) is 0 Å². The third kappa shape index (κ3) is 6.09. The molecule has 1 atom stereocenters. The standard InChI is InChI=1S/C26H36NO/c1-3-4-5-7-11-21(2)25-14-10-19-27-26(25)23-15-17-24(18-16-23)28-20-22-12-8-6-9-13-22/h6,10,14-19,21-22H,3-5,7-9,11-13,20H2,1-2H3. The summed E-state index contributed by atoms with van der Waals surface area (Å²) in [5.41, 5.74) is 3.68. The van der Waals surface area contributed by atoms with Crippen LogP contribution in [0.25, 0.3) is 11.3 Å². The Balaban J connectivity index is 1.61. The predicted octanol–water partition coefficient (Wildman–Crippen LogP) is 7.60. The zero-order valence-electron chi connectivity index (χ0n) is 17.7. The van der Waals surface area contributed by atoms with Crippen molar-refractivity contribution < 1.29 is 4.74 Å². The normalized spacial score (nSPS) is 16.1. The fourth-order valence-corrected chi connectivity index (χ4v) is 4.17. The maximum atomic E-state index is 6.06. The van der Waals surface area contributed by atoms with E-state index in [0.717, 1.165) is 18.1 Å². The highest BCUT2D eigenvalue weighted by Gasteiger charge is 2.15. The van der Waals surface area contributed by atoms with Gasteiger partial charge < -0.3 is 4.74 Å². The summed E-state index contributed by atoms with van der Waals surface area (Å²) in [6, 6.07) is 12.9. The first kappa shape index (κ1) is 20.9. The summed E-state index contributed by atoms with van der Waals surface area (Å²) in [6.07, 6.45) is 15.8. The molecule has 1 saturated carbocycles. The van der Waals surface area contributed by atoms with E-state index in [2.05, 4.69) is 56.7 Å². The summed E-state index contributed by atoms with van der Waals surface area (Å²) in [5, 5.41) is 0. The fourth-order valence-electron chi connectivity index (χ4n) is 4.17. The van der Waals surface area contributed by atoms with Crippen LogP contribution in [0.5, 0.6) is 5.75 Å². The number of rotatable bonds is 10. The van der Waals surface area contributed by atoms with Gasteiger partial charge in [-0.25, -0.2) is 0 Å². The fraction of sp³-hybridized carbons (Fsp3) is 0.538. The van der Waals surface area contributed by atoms with Crippen molar-refractivity contribution in [3.63, 3.8) is 0 Å². The summed E-state index contributed by atoms with van der Waals surface area (Å²) < 4.78 is 6.06.